The Morgan fingerprint density at radius 2 is 1.00 bits per heavy atom. The van der Waals surface area contributed by atoms with Crippen molar-refractivity contribution in [3.63, 3.8) is 0 Å². The van der Waals surface area contributed by atoms with Gasteiger partial charge in [0, 0.05) is 26.8 Å². The van der Waals surface area contributed by atoms with Crippen molar-refractivity contribution in [3.05, 3.63) is 103 Å². The van der Waals surface area contributed by atoms with Gasteiger partial charge in [0.2, 0.25) is 0 Å². The molecule has 0 aliphatic carbocycles. The molecule has 0 aliphatic rings. The van der Waals surface area contributed by atoms with Gasteiger partial charge in [-0.3, -0.25) is 4.90 Å². The molecule has 0 bridgehead atoms. The molecule has 0 N–H and O–H groups in total. The van der Waals surface area contributed by atoms with E-state index in [2.05, 4.69) is 129 Å². The van der Waals surface area contributed by atoms with Crippen LogP contribution in [0, 0.1) is 7.14 Å². The average Bonchev–Trinajstić information content (AvgIpc) is 2.60. The Balaban J connectivity index is 1.83. The largest absolute Gasteiger partial charge is 0.291 e. The lowest BCUT2D eigenvalue weighted by Crippen LogP contribution is -2.23. The van der Waals surface area contributed by atoms with Gasteiger partial charge in [-0.15, -0.1) is 0 Å². The van der Waals surface area contributed by atoms with Crippen molar-refractivity contribution >= 4 is 45.2 Å². The van der Waals surface area contributed by atoms with Gasteiger partial charge in [0.15, 0.2) is 0 Å². The number of halogens is 2. The maximum Gasteiger partial charge on any atom is 0.0251 e. The van der Waals surface area contributed by atoms with Gasteiger partial charge in [-0.05, 0) is 74.0 Å². The Kier molecular flexibility index (Phi) is 6.68. The number of nitrogens with zero attached hydrogens (tertiary/aromatic N) is 1. The molecule has 0 atom stereocenters. The second-order valence-corrected chi connectivity index (χ2v) is 8.14. The number of hydrogen-bond acceptors (Lipinski definition) is 1. The second kappa shape index (κ2) is 8.97. The van der Waals surface area contributed by atoms with Crippen LogP contribution < -0.4 is 0 Å². The predicted molar refractivity (Wildman–Crippen MR) is 118 cm³/mol. The third-order valence-electron chi connectivity index (χ3n) is 3.95. The molecule has 3 rings (SSSR count). The van der Waals surface area contributed by atoms with E-state index in [1.54, 1.807) is 0 Å². The molecule has 1 nitrogen and oxygen atoms in total. The SMILES string of the molecule is Ic1ccccc1CN(Cc1ccccc1)Cc1ccccc1I. The van der Waals surface area contributed by atoms with Crippen LogP contribution >= 0.6 is 45.2 Å². The Labute approximate surface area is 171 Å². The van der Waals surface area contributed by atoms with E-state index in [0.717, 1.165) is 19.6 Å². The van der Waals surface area contributed by atoms with Gasteiger partial charge in [-0.25, -0.2) is 0 Å². The van der Waals surface area contributed by atoms with E-state index in [1.807, 2.05) is 0 Å². The molecule has 0 aromatic heterocycles. The summed E-state index contributed by atoms with van der Waals surface area (Å²) in [5.41, 5.74) is 4.13. The van der Waals surface area contributed by atoms with Crippen molar-refractivity contribution in [2.45, 2.75) is 19.6 Å². The summed E-state index contributed by atoms with van der Waals surface area (Å²) >= 11 is 4.87. The molecule has 3 aromatic rings. The first kappa shape index (κ1) is 17.9. The molecule has 0 unspecified atom stereocenters. The van der Waals surface area contributed by atoms with Gasteiger partial charge in [-0.2, -0.15) is 0 Å². The third-order valence-corrected chi connectivity index (χ3v) is 6.06. The zero-order valence-corrected chi connectivity index (χ0v) is 17.6. The van der Waals surface area contributed by atoms with E-state index in [9.17, 15) is 0 Å². The Morgan fingerprint density at radius 1 is 0.542 bits per heavy atom. The van der Waals surface area contributed by atoms with E-state index in [4.69, 9.17) is 0 Å². The van der Waals surface area contributed by atoms with Crippen molar-refractivity contribution in [1.82, 2.24) is 4.90 Å². The summed E-state index contributed by atoms with van der Waals surface area (Å²) in [6, 6.07) is 28.0. The molecule has 24 heavy (non-hydrogen) atoms. The summed E-state index contributed by atoms with van der Waals surface area (Å²) in [5, 5.41) is 0. The maximum absolute atomic E-state index is 2.52. The van der Waals surface area contributed by atoms with Gasteiger partial charge in [0.25, 0.3) is 0 Å². The lowest BCUT2D eigenvalue weighted by Gasteiger charge is -2.24. The summed E-state index contributed by atoms with van der Waals surface area (Å²) in [4.78, 5) is 2.52. The fourth-order valence-electron chi connectivity index (χ4n) is 2.74. The number of benzene rings is 3. The summed E-state index contributed by atoms with van der Waals surface area (Å²) in [6.07, 6.45) is 0. The first-order valence-corrected chi connectivity index (χ1v) is 10.1. The van der Waals surface area contributed by atoms with Gasteiger partial charge in [-0.1, -0.05) is 66.7 Å². The lowest BCUT2D eigenvalue weighted by atomic mass is 10.1. The van der Waals surface area contributed by atoms with Crippen LogP contribution in [0.25, 0.3) is 0 Å². The second-order valence-electron chi connectivity index (χ2n) is 5.81. The number of rotatable bonds is 6. The van der Waals surface area contributed by atoms with Crippen molar-refractivity contribution in [1.29, 1.82) is 0 Å². The summed E-state index contributed by atoms with van der Waals surface area (Å²) in [6.45, 7) is 2.87. The monoisotopic (exact) mass is 539 g/mol. The van der Waals surface area contributed by atoms with Crippen LogP contribution in [0.3, 0.4) is 0 Å². The smallest absolute Gasteiger partial charge is 0.0251 e. The molecule has 0 aliphatic heterocycles. The molecule has 0 radical (unpaired) electrons. The molecular weight excluding hydrogens is 520 g/mol. The molecule has 0 amide bonds. The van der Waals surface area contributed by atoms with E-state index in [-0.39, 0.29) is 0 Å². The summed E-state index contributed by atoms with van der Waals surface area (Å²) in [5.74, 6) is 0. The Morgan fingerprint density at radius 3 is 1.50 bits per heavy atom. The first-order valence-electron chi connectivity index (χ1n) is 7.95. The van der Waals surface area contributed by atoms with E-state index < -0.39 is 0 Å². The molecule has 3 aromatic carbocycles. The first-order chi connectivity index (χ1) is 11.7. The van der Waals surface area contributed by atoms with E-state index in [1.165, 1.54) is 23.8 Å². The van der Waals surface area contributed by atoms with Crippen molar-refractivity contribution in [3.8, 4) is 0 Å². The van der Waals surface area contributed by atoms with Crippen molar-refractivity contribution in [2.24, 2.45) is 0 Å². The quantitative estimate of drug-likeness (QED) is 0.343. The summed E-state index contributed by atoms with van der Waals surface area (Å²) in [7, 11) is 0. The van der Waals surface area contributed by atoms with Crippen molar-refractivity contribution < 1.29 is 0 Å². The molecule has 0 saturated carbocycles. The molecule has 0 saturated heterocycles. The van der Waals surface area contributed by atoms with Gasteiger partial charge >= 0.3 is 0 Å². The van der Waals surface area contributed by atoms with Crippen LogP contribution in [0.4, 0.5) is 0 Å². The van der Waals surface area contributed by atoms with Crippen LogP contribution in [0.1, 0.15) is 16.7 Å². The average molecular weight is 539 g/mol. The van der Waals surface area contributed by atoms with Crippen LogP contribution in [-0.4, -0.2) is 4.90 Å². The van der Waals surface area contributed by atoms with Gasteiger partial charge < -0.3 is 0 Å². The molecule has 3 heteroatoms. The fraction of sp³-hybridized carbons (Fsp3) is 0.143. The lowest BCUT2D eigenvalue weighted by molar-refractivity contribution is 0.246. The highest BCUT2D eigenvalue weighted by atomic mass is 127. The standard InChI is InChI=1S/C21H19I2N/c22-20-12-6-4-10-18(20)15-24(14-17-8-2-1-3-9-17)16-19-11-5-7-13-21(19)23/h1-13H,14-16H2. The van der Waals surface area contributed by atoms with Crippen LogP contribution in [0.2, 0.25) is 0 Å². The molecule has 0 heterocycles. The fourth-order valence-corrected chi connectivity index (χ4v) is 3.86. The number of hydrogen-bond donors (Lipinski definition) is 0. The van der Waals surface area contributed by atoms with E-state index in [0.29, 0.717) is 0 Å². The van der Waals surface area contributed by atoms with Gasteiger partial charge in [0.1, 0.15) is 0 Å². The van der Waals surface area contributed by atoms with Crippen molar-refractivity contribution in [2.75, 3.05) is 0 Å². The minimum atomic E-state index is 0.955. The topological polar surface area (TPSA) is 3.24 Å². The highest BCUT2D eigenvalue weighted by molar-refractivity contribution is 14.1. The normalized spacial score (nSPS) is 11.0. The predicted octanol–water partition coefficient (Wildman–Crippen LogP) is 6.10. The van der Waals surface area contributed by atoms with Crippen LogP contribution in [0.5, 0.6) is 0 Å². The molecule has 0 spiro atoms. The summed E-state index contributed by atoms with van der Waals surface area (Å²) < 4.78 is 2.66. The Bertz CT molecular complexity index is 739. The van der Waals surface area contributed by atoms with E-state index >= 15 is 0 Å². The highest BCUT2D eigenvalue weighted by Crippen LogP contribution is 2.20. The molecule has 0 fully saturated rings. The minimum absolute atomic E-state index is 0.955. The molecular formula is C21H19I2N. The molecule has 122 valence electrons. The zero-order valence-electron chi connectivity index (χ0n) is 13.3. The third kappa shape index (κ3) is 5.04. The maximum atomic E-state index is 2.52. The minimum Gasteiger partial charge on any atom is -0.291 e. The van der Waals surface area contributed by atoms with Crippen LogP contribution in [0.15, 0.2) is 78.9 Å². The highest BCUT2D eigenvalue weighted by Gasteiger charge is 2.11. The Hall–Kier alpha value is -0.920. The zero-order chi connectivity index (χ0) is 16.8. The van der Waals surface area contributed by atoms with Crippen LogP contribution in [-0.2, 0) is 19.6 Å². The van der Waals surface area contributed by atoms with Gasteiger partial charge in [0.05, 0.1) is 0 Å².